The van der Waals surface area contributed by atoms with Gasteiger partial charge in [0.25, 0.3) is 6.43 Å². The van der Waals surface area contributed by atoms with Crippen molar-refractivity contribution in [3.8, 4) is 0 Å². The van der Waals surface area contributed by atoms with Gasteiger partial charge in [-0.3, -0.25) is 4.21 Å². The highest BCUT2D eigenvalue weighted by Gasteiger charge is 2.19. The van der Waals surface area contributed by atoms with Gasteiger partial charge in [0.05, 0.1) is 5.75 Å². The molecule has 0 rings (SSSR count). The number of nitrogens with one attached hydrogen (secondary N) is 1. The molecule has 0 saturated carbocycles. The Morgan fingerprint density at radius 3 is 2.42 bits per heavy atom. The third-order valence-corrected chi connectivity index (χ3v) is 2.39. The van der Waals surface area contributed by atoms with Crippen LogP contribution in [0.4, 0.5) is 13.2 Å². The van der Waals surface area contributed by atoms with Gasteiger partial charge in [0.15, 0.2) is 6.17 Å². The summed E-state index contributed by atoms with van der Waals surface area (Å²) in [6.45, 7) is 0. The zero-order valence-electron chi connectivity index (χ0n) is 6.30. The molecule has 6 heteroatoms. The van der Waals surface area contributed by atoms with Crippen LogP contribution in [-0.2, 0) is 10.8 Å². The zero-order chi connectivity index (χ0) is 9.56. The van der Waals surface area contributed by atoms with Crippen molar-refractivity contribution < 1.29 is 17.4 Å². The maximum atomic E-state index is 12.2. The monoisotopic (exact) mass is 201 g/mol. The molecule has 0 amide bonds. The second-order valence-corrected chi connectivity index (χ2v) is 3.78. The van der Waals surface area contributed by atoms with Gasteiger partial charge in [-0.25, -0.2) is 13.2 Å². The highest BCUT2D eigenvalue weighted by molar-refractivity contribution is 7.85. The number of rotatable bonds is 6. The predicted molar refractivity (Wildman–Crippen MR) is 42.2 cm³/mol. The number of hydrogen-bond acceptors (Lipinski definition) is 2. The predicted octanol–water partition coefficient (Wildman–Crippen LogP) is 1.38. The van der Waals surface area contributed by atoms with Crippen LogP contribution in [0.1, 0.15) is 6.42 Å². The molecule has 72 valence electrons. The molecule has 0 aliphatic rings. The molecule has 0 aliphatic carbocycles. The molecule has 0 saturated heterocycles. The van der Waals surface area contributed by atoms with E-state index in [0.717, 1.165) is 6.21 Å². The average molecular weight is 201 g/mol. The Labute approximate surface area is 71.1 Å². The van der Waals surface area contributed by atoms with Gasteiger partial charge in [0, 0.05) is 22.8 Å². The van der Waals surface area contributed by atoms with Crippen molar-refractivity contribution in [3.05, 3.63) is 0 Å². The molecule has 0 radical (unpaired) electrons. The first-order valence-corrected chi connectivity index (χ1v) is 4.83. The molecule has 0 aromatic heterocycles. The van der Waals surface area contributed by atoms with E-state index in [0.29, 0.717) is 0 Å². The van der Waals surface area contributed by atoms with Crippen molar-refractivity contribution in [3.63, 3.8) is 0 Å². The topological polar surface area (TPSA) is 40.9 Å². The van der Waals surface area contributed by atoms with Gasteiger partial charge < -0.3 is 5.41 Å². The Balaban J connectivity index is 3.53. The van der Waals surface area contributed by atoms with Crippen LogP contribution in [0.3, 0.4) is 0 Å². The van der Waals surface area contributed by atoms with E-state index in [4.69, 9.17) is 5.41 Å². The summed E-state index contributed by atoms with van der Waals surface area (Å²) in [5.41, 5.74) is 0. The van der Waals surface area contributed by atoms with Gasteiger partial charge in [0.2, 0.25) is 0 Å². The molecule has 0 bridgehead atoms. The fraction of sp³-hybridized carbons (Fsp3) is 0.833. The lowest BCUT2D eigenvalue weighted by atomic mass is 10.3. The molecule has 0 aromatic rings. The van der Waals surface area contributed by atoms with Gasteiger partial charge in [0.1, 0.15) is 0 Å². The summed E-state index contributed by atoms with van der Waals surface area (Å²) >= 11 is 0. The molecule has 0 aromatic carbocycles. The summed E-state index contributed by atoms with van der Waals surface area (Å²) in [5, 5.41) is 6.54. The summed E-state index contributed by atoms with van der Waals surface area (Å²) in [5.74, 6) is -0.100. The number of hydrogen-bond donors (Lipinski definition) is 1. The minimum Gasteiger partial charge on any atom is -0.312 e. The van der Waals surface area contributed by atoms with Crippen molar-refractivity contribution in [1.82, 2.24) is 0 Å². The van der Waals surface area contributed by atoms with E-state index in [2.05, 4.69) is 0 Å². The quantitative estimate of drug-likeness (QED) is 0.648. The van der Waals surface area contributed by atoms with E-state index in [9.17, 15) is 17.4 Å². The van der Waals surface area contributed by atoms with Crippen LogP contribution in [-0.4, -0.2) is 34.5 Å². The van der Waals surface area contributed by atoms with Crippen molar-refractivity contribution >= 4 is 17.0 Å². The van der Waals surface area contributed by atoms with Gasteiger partial charge in [-0.2, -0.15) is 0 Å². The van der Waals surface area contributed by atoms with Gasteiger partial charge in [-0.15, -0.1) is 0 Å². The highest BCUT2D eigenvalue weighted by Crippen LogP contribution is 2.09. The fourth-order valence-electron chi connectivity index (χ4n) is 0.546. The lowest BCUT2D eigenvalue weighted by Gasteiger charge is -2.04. The van der Waals surface area contributed by atoms with Crippen molar-refractivity contribution in [2.24, 2.45) is 0 Å². The maximum absolute atomic E-state index is 12.2. The zero-order valence-corrected chi connectivity index (χ0v) is 7.12. The first kappa shape index (κ1) is 11.6. The van der Waals surface area contributed by atoms with Crippen LogP contribution >= 0.6 is 0 Å². The van der Waals surface area contributed by atoms with Gasteiger partial charge in [-0.05, 0) is 6.42 Å². The van der Waals surface area contributed by atoms with Crippen LogP contribution < -0.4 is 0 Å². The summed E-state index contributed by atoms with van der Waals surface area (Å²) in [6.07, 6.45) is -4.68. The molecule has 2 unspecified atom stereocenters. The van der Waals surface area contributed by atoms with Crippen molar-refractivity contribution in [2.45, 2.75) is 19.0 Å². The minimum atomic E-state index is -3.00. The molecular formula is C6H10F3NOS. The molecular weight excluding hydrogens is 191 g/mol. The molecule has 2 atom stereocenters. The van der Waals surface area contributed by atoms with E-state index < -0.39 is 29.8 Å². The van der Waals surface area contributed by atoms with E-state index in [-0.39, 0.29) is 11.5 Å². The lowest BCUT2D eigenvalue weighted by molar-refractivity contribution is 0.0487. The maximum Gasteiger partial charge on any atom is 0.269 e. The SMILES string of the molecule is N=CCS(=O)CCC(F)C(F)F. The standard InChI is InChI=1S/C6H10F3NOS/c7-5(6(8)9)1-3-12(11)4-2-10/h2,5-6,10H,1,3-4H2. The first-order valence-electron chi connectivity index (χ1n) is 3.34. The second-order valence-electron chi connectivity index (χ2n) is 2.15. The molecule has 0 aliphatic heterocycles. The Hall–Kier alpha value is -0.390. The Morgan fingerprint density at radius 2 is 2.00 bits per heavy atom. The third-order valence-electron chi connectivity index (χ3n) is 1.16. The normalized spacial score (nSPS) is 16.0. The van der Waals surface area contributed by atoms with Crippen LogP contribution in [0.5, 0.6) is 0 Å². The summed E-state index contributed by atoms with van der Waals surface area (Å²) in [4.78, 5) is 0. The third kappa shape index (κ3) is 5.29. The van der Waals surface area contributed by atoms with Gasteiger partial charge in [-0.1, -0.05) is 0 Å². The largest absolute Gasteiger partial charge is 0.312 e. The molecule has 1 N–H and O–H groups in total. The Bertz CT molecular complexity index is 165. The van der Waals surface area contributed by atoms with E-state index >= 15 is 0 Å². The molecule has 0 heterocycles. The minimum absolute atomic E-state index is 0.00988. The van der Waals surface area contributed by atoms with Crippen LogP contribution in [0.2, 0.25) is 0 Å². The first-order chi connectivity index (χ1) is 5.57. The van der Waals surface area contributed by atoms with Crippen molar-refractivity contribution in [2.75, 3.05) is 11.5 Å². The number of halogens is 3. The average Bonchev–Trinajstić information content (AvgIpc) is 2.00. The summed E-state index contributed by atoms with van der Waals surface area (Å²) < 4.78 is 46.0. The summed E-state index contributed by atoms with van der Waals surface area (Å²) in [7, 11) is -1.37. The van der Waals surface area contributed by atoms with E-state index in [1.807, 2.05) is 0 Å². The lowest BCUT2D eigenvalue weighted by Crippen LogP contribution is -2.16. The smallest absolute Gasteiger partial charge is 0.269 e. The number of alkyl halides is 3. The molecule has 0 fully saturated rings. The van der Waals surface area contributed by atoms with Crippen molar-refractivity contribution in [1.29, 1.82) is 5.41 Å². The second kappa shape index (κ2) is 6.16. The van der Waals surface area contributed by atoms with E-state index in [1.165, 1.54) is 0 Å². The molecule has 12 heavy (non-hydrogen) atoms. The Morgan fingerprint density at radius 1 is 1.42 bits per heavy atom. The van der Waals surface area contributed by atoms with E-state index in [1.54, 1.807) is 0 Å². The van der Waals surface area contributed by atoms with Crippen LogP contribution in [0.15, 0.2) is 0 Å². The Kier molecular flexibility index (Phi) is 5.96. The molecule has 0 spiro atoms. The van der Waals surface area contributed by atoms with Crippen LogP contribution in [0, 0.1) is 5.41 Å². The fourth-order valence-corrected chi connectivity index (χ4v) is 1.39. The summed E-state index contributed by atoms with van der Waals surface area (Å²) in [6, 6.07) is 0. The van der Waals surface area contributed by atoms with Crippen LogP contribution in [0.25, 0.3) is 0 Å². The van der Waals surface area contributed by atoms with Gasteiger partial charge >= 0.3 is 0 Å². The highest BCUT2D eigenvalue weighted by atomic mass is 32.2. The molecule has 2 nitrogen and oxygen atoms in total.